The van der Waals surface area contributed by atoms with Gasteiger partial charge in [-0.3, -0.25) is 4.79 Å². The molecular weight excluding hydrogens is 176 g/mol. The van der Waals surface area contributed by atoms with Gasteiger partial charge in [0, 0.05) is 0 Å². The summed E-state index contributed by atoms with van der Waals surface area (Å²) in [4.78, 5) is 19.0. The minimum absolute atomic E-state index is 0.149. The molecule has 0 aromatic carbocycles. The number of carbonyl (C=O) groups excluding carboxylic acids is 1. The first kappa shape index (κ1) is 7.62. The second-order valence-electron chi connectivity index (χ2n) is 1.25. The van der Waals surface area contributed by atoms with Gasteiger partial charge in [-0.25, -0.2) is 0 Å². The van der Waals surface area contributed by atoms with E-state index in [1.807, 2.05) is 0 Å². The number of aliphatic carboxylic acids is 1. The second-order valence-corrected chi connectivity index (χ2v) is 2.43. The summed E-state index contributed by atoms with van der Waals surface area (Å²) in [5, 5.41) is 8.03. The number of rotatable bonds is 3. The summed E-state index contributed by atoms with van der Waals surface area (Å²) < 4.78 is 0. The second kappa shape index (κ2) is 3.60. The Balaban J connectivity index is 3.38. The minimum Gasteiger partial charge on any atom is -0.481 e. The molecule has 46 valence electrons. The monoisotopic (exact) mass is 180 g/mol. The lowest BCUT2D eigenvalue weighted by Gasteiger charge is -1.91. The molecule has 0 spiro atoms. The molecule has 0 aliphatic carbocycles. The van der Waals surface area contributed by atoms with Crippen LogP contribution in [0.2, 0.25) is 0 Å². The van der Waals surface area contributed by atoms with Gasteiger partial charge in [0.15, 0.2) is 0 Å². The third kappa shape index (κ3) is 3.80. The molecule has 1 N–H and O–H groups in total. The normalized spacial score (nSPS) is 12.6. The van der Waals surface area contributed by atoms with Crippen molar-refractivity contribution in [3.8, 4) is 0 Å². The Morgan fingerprint density at radius 3 is 2.50 bits per heavy atom. The maximum atomic E-state index is 9.78. The lowest BCUT2D eigenvalue weighted by Crippen LogP contribution is -2.06. The highest BCUT2D eigenvalue weighted by Crippen LogP contribution is 1.99. The molecular formula is C4H5BrO3. The molecule has 0 aromatic heterocycles. The predicted octanol–water partition coefficient (Wildman–Crippen LogP) is 0.423. The molecule has 0 radical (unpaired) electrons. The van der Waals surface area contributed by atoms with Crippen LogP contribution in [0.4, 0.5) is 0 Å². The molecule has 0 saturated heterocycles. The molecule has 0 heterocycles. The first-order valence-corrected chi connectivity index (χ1v) is 2.89. The fourth-order valence-electron chi connectivity index (χ4n) is 0.215. The summed E-state index contributed by atoms with van der Waals surface area (Å²) in [5.74, 6) is -0.973. The summed E-state index contributed by atoms with van der Waals surface area (Å²) in [6, 6.07) is 0. The third-order valence-corrected chi connectivity index (χ3v) is 1.06. The molecule has 1 atom stereocenters. The highest BCUT2D eigenvalue weighted by atomic mass is 79.9. The van der Waals surface area contributed by atoms with Gasteiger partial charge in [0.05, 0.1) is 11.2 Å². The number of carboxylic acids is 1. The standard InChI is InChI=1S/C4H5BrO3/c5-3(2-6)1-4(7)8/h2-3H,1H2,(H,7,8). The highest BCUT2D eigenvalue weighted by Gasteiger charge is 2.05. The maximum Gasteiger partial charge on any atom is 0.304 e. The van der Waals surface area contributed by atoms with Gasteiger partial charge in [-0.15, -0.1) is 0 Å². The highest BCUT2D eigenvalue weighted by molar-refractivity contribution is 9.10. The SMILES string of the molecule is O=CC(Br)CC(=O)O. The van der Waals surface area contributed by atoms with Gasteiger partial charge >= 0.3 is 5.97 Å². The molecule has 0 rings (SSSR count). The van der Waals surface area contributed by atoms with Gasteiger partial charge in [0.2, 0.25) is 0 Å². The molecule has 0 bridgehead atoms. The van der Waals surface area contributed by atoms with Gasteiger partial charge in [0.25, 0.3) is 0 Å². The first-order valence-electron chi connectivity index (χ1n) is 1.98. The zero-order valence-electron chi connectivity index (χ0n) is 4.00. The quantitative estimate of drug-likeness (QED) is 0.507. The summed E-state index contributed by atoms with van der Waals surface area (Å²) in [6.07, 6.45) is 0.400. The lowest BCUT2D eigenvalue weighted by molar-refractivity contribution is -0.137. The Labute approximate surface area is 54.8 Å². The fraction of sp³-hybridized carbons (Fsp3) is 0.500. The van der Waals surface area contributed by atoms with Gasteiger partial charge in [-0.1, -0.05) is 15.9 Å². The summed E-state index contributed by atoms with van der Waals surface area (Å²) >= 11 is 2.83. The zero-order chi connectivity index (χ0) is 6.57. The Morgan fingerprint density at radius 2 is 2.38 bits per heavy atom. The molecule has 0 aromatic rings. The van der Waals surface area contributed by atoms with Crippen LogP contribution in [0.5, 0.6) is 0 Å². The van der Waals surface area contributed by atoms with Gasteiger partial charge in [-0.2, -0.15) is 0 Å². The number of hydrogen-bond acceptors (Lipinski definition) is 2. The van der Waals surface area contributed by atoms with Crippen LogP contribution in [0.1, 0.15) is 6.42 Å². The number of halogens is 1. The number of hydrogen-bond donors (Lipinski definition) is 1. The van der Waals surface area contributed by atoms with Crippen LogP contribution >= 0.6 is 15.9 Å². The van der Waals surface area contributed by atoms with Crippen LogP contribution in [0, 0.1) is 0 Å². The Morgan fingerprint density at radius 1 is 1.88 bits per heavy atom. The molecule has 4 heteroatoms. The van der Waals surface area contributed by atoms with Crippen molar-refractivity contribution in [2.75, 3.05) is 0 Å². The topological polar surface area (TPSA) is 54.4 Å². The van der Waals surface area contributed by atoms with Crippen molar-refractivity contribution < 1.29 is 14.7 Å². The number of carboxylic acid groups (broad SMARTS) is 1. The van der Waals surface area contributed by atoms with E-state index >= 15 is 0 Å². The van der Waals surface area contributed by atoms with Crippen molar-refractivity contribution in [2.45, 2.75) is 11.2 Å². The van der Waals surface area contributed by atoms with Crippen LogP contribution in [0.15, 0.2) is 0 Å². The van der Waals surface area contributed by atoms with Crippen LogP contribution in [0.25, 0.3) is 0 Å². The van der Waals surface area contributed by atoms with E-state index in [4.69, 9.17) is 5.11 Å². The summed E-state index contributed by atoms with van der Waals surface area (Å²) in [7, 11) is 0. The third-order valence-electron chi connectivity index (χ3n) is 0.517. The van der Waals surface area contributed by atoms with Crippen molar-refractivity contribution in [1.82, 2.24) is 0 Å². The summed E-state index contributed by atoms with van der Waals surface area (Å²) in [6.45, 7) is 0. The molecule has 3 nitrogen and oxygen atoms in total. The number of alkyl halides is 1. The van der Waals surface area contributed by atoms with Crippen LogP contribution in [-0.2, 0) is 9.59 Å². The zero-order valence-corrected chi connectivity index (χ0v) is 5.59. The fourth-order valence-corrected chi connectivity index (χ4v) is 0.492. The summed E-state index contributed by atoms with van der Waals surface area (Å²) in [5.41, 5.74) is 0. The van der Waals surface area contributed by atoms with Crippen LogP contribution in [0.3, 0.4) is 0 Å². The molecule has 1 unspecified atom stereocenters. The van der Waals surface area contributed by atoms with E-state index in [1.165, 1.54) is 0 Å². The van der Waals surface area contributed by atoms with Crippen molar-refractivity contribution in [3.63, 3.8) is 0 Å². The Kier molecular flexibility index (Phi) is 3.43. The Hall–Kier alpha value is -0.380. The van der Waals surface area contributed by atoms with E-state index in [0.717, 1.165) is 0 Å². The smallest absolute Gasteiger partial charge is 0.304 e. The van der Waals surface area contributed by atoms with E-state index in [-0.39, 0.29) is 6.42 Å². The average molecular weight is 181 g/mol. The molecule has 0 aliphatic heterocycles. The van der Waals surface area contributed by atoms with E-state index in [2.05, 4.69) is 15.9 Å². The molecule has 8 heavy (non-hydrogen) atoms. The van der Waals surface area contributed by atoms with Crippen molar-refractivity contribution in [2.24, 2.45) is 0 Å². The maximum absolute atomic E-state index is 9.78. The van der Waals surface area contributed by atoms with Crippen molar-refractivity contribution >= 4 is 28.2 Å². The molecule has 0 amide bonds. The molecule has 0 fully saturated rings. The average Bonchev–Trinajstić information content (AvgIpc) is 1.65. The lowest BCUT2D eigenvalue weighted by atomic mass is 10.3. The number of carbonyl (C=O) groups is 2. The number of aldehydes is 1. The predicted molar refractivity (Wildman–Crippen MR) is 31.0 cm³/mol. The molecule has 0 aliphatic rings. The minimum atomic E-state index is -0.973. The van der Waals surface area contributed by atoms with Gasteiger partial charge in [-0.05, 0) is 0 Å². The largest absolute Gasteiger partial charge is 0.481 e. The van der Waals surface area contributed by atoms with E-state index in [1.54, 1.807) is 0 Å². The van der Waals surface area contributed by atoms with Crippen molar-refractivity contribution in [3.05, 3.63) is 0 Å². The first-order chi connectivity index (χ1) is 3.66. The van der Waals surface area contributed by atoms with Crippen LogP contribution in [-0.4, -0.2) is 22.2 Å². The van der Waals surface area contributed by atoms with Gasteiger partial charge < -0.3 is 9.90 Å². The Bertz CT molecular complexity index is 101. The van der Waals surface area contributed by atoms with Gasteiger partial charge in [0.1, 0.15) is 6.29 Å². The van der Waals surface area contributed by atoms with Crippen molar-refractivity contribution in [1.29, 1.82) is 0 Å². The molecule has 0 saturated carbocycles. The van der Waals surface area contributed by atoms with Crippen LogP contribution < -0.4 is 0 Å². The van der Waals surface area contributed by atoms with E-state index in [9.17, 15) is 9.59 Å². The van der Waals surface area contributed by atoms with E-state index in [0.29, 0.717) is 6.29 Å². The van der Waals surface area contributed by atoms with E-state index < -0.39 is 10.8 Å².